The fraction of sp³-hybridized carbons (Fsp3) is 0. The largest absolute Gasteiger partial charge is 0.298 e. The van der Waals surface area contributed by atoms with Crippen LogP contribution in [0.5, 0.6) is 0 Å². The Hall–Kier alpha value is -1.76. The zero-order valence-corrected chi connectivity index (χ0v) is 13.0. The minimum atomic E-state index is -0.780. The van der Waals surface area contributed by atoms with Crippen molar-refractivity contribution in [1.82, 2.24) is 4.98 Å². The second kappa shape index (κ2) is 5.79. The molecule has 2 aromatic carbocycles. The van der Waals surface area contributed by atoms with Gasteiger partial charge in [0.25, 0.3) is 5.91 Å². The van der Waals surface area contributed by atoms with Crippen molar-refractivity contribution >= 4 is 55.8 Å². The van der Waals surface area contributed by atoms with Crippen LogP contribution in [0.25, 0.3) is 10.2 Å². The van der Waals surface area contributed by atoms with Crippen LogP contribution in [0.3, 0.4) is 0 Å². The van der Waals surface area contributed by atoms with Crippen LogP contribution < -0.4 is 5.32 Å². The molecule has 1 amide bonds. The molecular weight excluding hydrogens is 353 g/mol. The first kappa shape index (κ1) is 15.1. The summed E-state index contributed by atoms with van der Waals surface area (Å²) in [5, 5.41) is 3.29. The smallest absolute Gasteiger partial charge is 0.257 e. The number of nitrogens with one attached hydrogen (secondary N) is 1. The van der Waals surface area contributed by atoms with Crippen molar-refractivity contribution in [3.63, 3.8) is 0 Å². The minimum absolute atomic E-state index is 0.00539. The molecule has 1 aromatic heterocycles. The van der Waals surface area contributed by atoms with Gasteiger partial charge in [-0.3, -0.25) is 10.1 Å². The molecule has 0 aliphatic carbocycles. The summed E-state index contributed by atoms with van der Waals surface area (Å²) < 4.78 is 27.0. The molecule has 0 unspecified atom stereocenters. The highest BCUT2D eigenvalue weighted by Crippen LogP contribution is 2.29. The number of thiazole rings is 1. The van der Waals surface area contributed by atoms with Crippen LogP contribution in [0.4, 0.5) is 13.9 Å². The number of fused-ring (bicyclic) bond motifs is 1. The van der Waals surface area contributed by atoms with Crippen LogP contribution in [0.1, 0.15) is 10.4 Å². The van der Waals surface area contributed by atoms with Crippen molar-refractivity contribution in [2.45, 2.75) is 0 Å². The molecule has 0 spiro atoms. The Morgan fingerprint density at radius 1 is 1.09 bits per heavy atom. The van der Waals surface area contributed by atoms with Crippen molar-refractivity contribution in [2.24, 2.45) is 0 Å². The zero-order valence-electron chi connectivity index (χ0n) is 10.7. The van der Waals surface area contributed by atoms with Crippen LogP contribution in [-0.4, -0.2) is 10.9 Å². The number of hydrogen-bond acceptors (Lipinski definition) is 3. The van der Waals surface area contributed by atoms with E-state index in [-0.39, 0.29) is 16.2 Å². The average Bonchev–Trinajstić information content (AvgIpc) is 2.80. The molecule has 1 heterocycles. The highest BCUT2D eigenvalue weighted by atomic mass is 35.5. The molecule has 0 fully saturated rings. The Morgan fingerprint density at radius 2 is 1.77 bits per heavy atom. The third kappa shape index (κ3) is 3.04. The maximum atomic E-state index is 13.6. The number of aromatic nitrogens is 1. The molecule has 3 nitrogen and oxygen atoms in total. The van der Waals surface area contributed by atoms with Crippen molar-refractivity contribution < 1.29 is 13.6 Å². The fourth-order valence-electron chi connectivity index (χ4n) is 1.86. The first-order valence-corrected chi connectivity index (χ1v) is 7.52. The molecule has 0 aliphatic rings. The number of benzene rings is 2. The first-order chi connectivity index (χ1) is 10.4. The number of carbonyl (C=O) groups excluding carboxylic acids is 1. The van der Waals surface area contributed by atoms with E-state index in [4.69, 9.17) is 23.2 Å². The first-order valence-electron chi connectivity index (χ1n) is 5.95. The third-order valence-corrected chi connectivity index (χ3v) is 4.11. The van der Waals surface area contributed by atoms with E-state index in [0.29, 0.717) is 14.7 Å². The van der Waals surface area contributed by atoms with Crippen LogP contribution in [0.2, 0.25) is 10.0 Å². The van der Waals surface area contributed by atoms with E-state index < -0.39 is 17.5 Å². The van der Waals surface area contributed by atoms with Crippen molar-refractivity contribution in [1.29, 1.82) is 0 Å². The monoisotopic (exact) mass is 358 g/mol. The van der Waals surface area contributed by atoms with E-state index in [1.54, 1.807) is 0 Å². The molecule has 22 heavy (non-hydrogen) atoms. The number of nitrogens with zero attached hydrogens (tertiary/aromatic N) is 1. The lowest BCUT2D eigenvalue weighted by Gasteiger charge is -2.02. The zero-order chi connectivity index (χ0) is 15.9. The molecule has 112 valence electrons. The van der Waals surface area contributed by atoms with Gasteiger partial charge in [0.1, 0.15) is 11.3 Å². The highest BCUT2D eigenvalue weighted by molar-refractivity contribution is 7.22. The van der Waals surface area contributed by atoms with Gasteiger partial charge in [-0.25, -0.2) is 13.8 Å². The van der Waals surface area contributed by atoms with Crippen LogP contribution in [0.15, 0.2) is 30.3 Å². The quantitative estimate of drug-likeness (QED) is 0.689. The molecule has 0 radical (unpaired) electrons. The van der Waals surface area contributed by atoms with Crippen LogP contribution in [-0.2, 0) is 0 Å². The Morgan fingerprint density at radius 3 is 2.45 bits per heavy atom. The van der Waals surface area contributed by atoms with Gasteiger partial charge in [0.2, 0.25) is 0 Å². The predicted octanol–water partition coefficient (Wildman–Crippen LogP) is 5.13. The minimum Gasteiger partial charge on any atom is -0.298 e. The van der Waals surface area contributed by atoms with E-state index in [1.807, 2.05) is 0 Å². The van der Waals surface area contributed by atoms with Gasteiger partial charge in [-0.15, -0.1) is 0 Å². The van der Waals surface area contributed by atoms with Gasteiger partial charge in [0, 0.05) is 21.7 Å². The van der Waals surface area contributed by atoms with Gasteiger partial charge in [-0.05, 0) is 24.3 Å². The van der Waals surface area contributed by atoms with Crippen molar-refractivity contribution in [2.75, 3.05) is 5.32 Å². The Labute approximate surface area is 137 Å². The maximum Gasteiger partial charge on any atom is 0.257 e. The number of hydrogen-bond donors (Lipinski definition) is 1. The maximum absolute atomic E-state index is 13.6. The SMILES string of the molecule is O=C(Nc1nc2c(F)cc(F)cc2s1)c1cc(Cl)cc(Cl)c1. The van der Waals surface area contributed by atoms with Crippen LogP contribution >= 0.6 is 34.5 Å². The fourth-order valence-corrected chi connectivity index (χ4v) is 3.29. The number of anilines is 1. The third-order valence-electron chi connectivity index (χ3n) is 2.76. The van der Waals surface area contributed by atoms with Gasteiger partial charge >= 0.3 is 0 Å². The molecule has 0 atom stereocenters. The summed E-state index contributed by atoms with van der Waals surface area (Å²) in [6.45, 7) is 0. The Kier molecular flexibility index (Phi) is 3.99. The Bertz CT molecular complexity index is 878. The lowest BCUT2D eigenvalue weighted by atomic mass is 10.2. The van der Waals surface area contributed by atoms with Gasteiger partial charge < -0.3 is 0 Å². The molecule has 1 N–H and O–H groups in total. The van der Waals surface area contributed by atoms with Crippen molar-refractivity contribution in [3.05, 3.63) is 57.6 Å². The molecule has 0 saturated heterocycles. The van der Waals surface area contributed by atoms with Crippen molar-refractivity contribution in [3.8, 4) is 0 Å². The number of carbonyl (C=O) groups is 1. The van der Waals surface area contributed by atoms with Gasteiger partial charge in [0.15, 0.2) is 10.9 Å². The summed E-state index contributed by atoms with van der Waals surface area (Å²) >= 11 is 12.6. The summed E-state index contributed by atoms with van der Waals surface area (Å²) in [5.41, 5.74) is 0.245. The second-order valence-electron chi connectivity index (χ2n) is 4.37. The van der Waals surface area contributed by atoms with E-state index in [2.05, 4.69) is 10.3 Å². The predicted molar refractivity (Wildman–Crippen MR) is 84.0 cm³/mol. The van der Waals surface area contributed by atoms with Crippen LogP contribution in [0, 0.1) is 11.6 Å². The molecule has 0 bridgehead atoms. The average molecular weight is 359 g/mol. The molecule has 3 aromatic rings. The van der Waals surface area contributed by atoms with E-state index >= 15 is 0 Å². The van der Waals surface area contributed by atoms with E-state index in [1.165, 1.54) is 18.2 Å². The highest BCUT2D eigenvalue weighted by Gasteiger charge is 2.14. The lowest BCUT2D eigenvalue weighted by Crippen LogP contribution is -2.11. The van der Waals surface area contributed by atoms with Gasteiger partial charge in [-0.1, -0.05) is 34.5 Å². The number of amides is 1. The number of rotatable bonds is 2. The van der Waals surface area contributed by atoms with E-state index in [9.17, 15) is 13.6 Å². The summed E-state index contributed by atoms with van der Waals surface area (Å²) in [4.78, 5) is 16.1. The molecule has 0 aliphatic heterocycles. The summed E-state index contributed by atoms with van der Waals surface area (Å²) in [6.07, 6.45) is 0. The normalized spacial score (nSPS) is 10.9. The molecule has 8 heteroatoms. The van der Waals surface area contributed by atoms with E-state index in [0.717, 1.165) is 23.5 Å². The number of halogens is 4. The summed E-state index contributed by atoms with van der Waals surface area (Å²) in [5.74, 6) is -1.98. The summed E-state index contributed by atoms with van der Waals surface area (Å²) in [7, 11) is 0. The topological polar surface area (TPSA) is 42.0 Å². The molecule has 0 saturated carbocycles. The Balaban J connectivity index is 1.92. The molecule has 3 rings (SSSR count). The second-order valence-corrected chi connectivity index (χ2v) is 6.27. The molecular formula is C14H6Cl2F2N2OS. The lowest BCUT2D eigenvalue weighted by molar-refractivity contribution is 0.102. The standard InChI is InChI=1S/C14H6Cl2F2N2OS/c15-7-1-6(2-8(16)3-7)13(21)20-14-19-12-10(18)4-9(17)5-11(12)22-14/h1-5H,(H,19,20,21). The van der Waals surface area contributed by atoms with Gasteiger partial charge in [0.05, 0.1) is 4.70 Å². The summed E-state index contributed by atoms with van der Waals surface area (Å²) in [6, 6.07) is 6.27. The van der Waals surface area contributed by atoms with Gasteiger partial charge in [-0.2, -0.15) is 0 Å².